The number of benzene rings is 4. The van der Waals surface area contributed by atoms with Crippen LogP contribution < -0.4 is 25.8 Å². The second-order valence-electron chi connectivity index (χ2n) is 12.8. The number of methoxy groups -OCH3 is 2. The lowest BCUT2D eigenvalue weighted by Crippen LogP contribution is -2.54. The van der Waals surface area contributed by atoms with Gasteiger partial charge in [-0.2, -0.15) is 0 Å². The molecule has 0 unspecified atom stereocenters. The number of nitrogens with zero attached hydrogens (tertiary/aromatic N) is 2. The van der Waals surface area contributed by atoms with Crippen molar-refractivity contribution in [2.75, 3.05) is 44.5 Å². The first-order valence-electron chi connectivity index (χ1n) is 17.3. The first-order chi connectivity index (χ1) is 24.3. The van der Waals surface area contributed by atoms with Crippen molar-refractivity contribution in [1.82, 2.24) is 9.80 Å². The highest BCUT2D eigenvalue weighted by Gasteiger charge is 2.32. The number of nitrogens with one attached hydrogen (secondary N) is 2. The molecule has 0 spiro atoms. The van der Waals surface area contributed by atoms with Crippen molar-refractivity contribution in [3.8, 4) is 11.5 Å². The summed E-state index contributed by atoms with van der Waals surface area (Å²) in [7, 11) is 3.22. The molecule has 9 nitrogen and oxygen atoms in total. The summed E-state index contributed by atoms with van der Waals surface area (Å²) in [5.41, 5.74) is 11.0. The fraction of sp³-hybridized carbons (Fsp3) is 0.317. The Morgan fingerprint density at radius 2 is 1.24 bits per heavy atom. The number of carbonyl (C=O) groups excluding carboxylic acids is 2. The van der Waals surface area contributed by atoms with E-state index < -0.39 is 0 Å². The molecule has 1 aliphatic carbocycles. The first kappa shape index (κ1) is 36.0. The predicted octanol–water partition coefficient (Wildman–Crippen LogP) is 8.12. The number of rotatable bonds is 14. The summed E-state index contributed by atoms with van der Waals surface area (Å²) in [4.78, 5) is 31.4. The molecule has 0 radical (unpaired) electrons. The number of hydrogen-bond donors (Lipinski definition) is 3. The van der Waals surface area contributed by atoms with Gasteiger partial charge in [0.25, 0.3) is 0 Å². The third-order valence-electron chi connectivity index (χ3n) is 9.31. The summed E-state index contributed by atoms with van der Waals surface area (Å²) >= 11 is 0. The average molecular weight is 676 g/mol. The molecule has 4 N–H and O–H groups in total. The smallest absolute Gasteiger partial charge is 0.322 e. The Balaban J connectivity index is 1.36. The summed E-state index contributed by atoms with van der Waals surface area (Å²) in [6.07, 6.45) is 4.37. The van der Waals surface area contributed by atoms with Gasteiger partial charge in [-0.1, -0.05) is 80.1 Å². The molecule has 4 amide bonds. The first-order valence-corrected chi connectivity index (χ1v) is 17.3. The Kier molecular flexibility index (Phi) is 12.9. The number of carbonyl (C=O) groups is 2. The molecule has 262 valence electrons. The lowest BCUT2D eigenvalue weighted by Gasteiger charge is -2.39. The summed E-state index contributed by atoms with van der Waals surface area (Å²) in [6, 6.07) is 34.4. The molecule has 1 aliphatic rings. The molecule has 1 saturated carbocycles. The van der Waals surface area contributed by atoms with Gasteiger partial charge in [-0.15, -0.1) is 0 Å². The normalized spacial score (nSPS) is 15.5. The topological polar surface area (TPSA) is 109 Å². The highest BCUT2D eigenvalue weighted by atomic mass is 16.5. The summed E-state index contributed by atoms with van der Waals surface area (Å²) < 4.78 is 10.6. The maximum atomic E-state index is 14.0. The second kappa shape index (κ2) is 17.9. The Bertz CT molecular complexity index is 1630. The second-order valence-corrected chi connectivity index (χ2v) is 12.8. The van der Waals surface area contributed by atoms with Crippen LogP contribution in [0.2, 0.25) is 0 Å². The number of urea groups is 2. The van der Waals surface area contributed by atoms with Crippen molar-refractivity contribution >= 4 is 23.4 Å². The Morgan fingerprint density at radius 1 is 0.740 bits per heavy atom. The van der Waals surface area contributed by atoms with Crippen LogP contribution in [0.1, 0.15) is 49.1 Å². The number of anilines is 2. The van der Waals surface area contributed by atoms with Crippen LogP contribution in [0.25, 0.3) is 0 Å². The molecule has 0 aromatic heterocycles. The van der Waals surface area contributed by atoms with Crippen LogP contribution in [-0.4, -0.2) is 67.8 Å². The third kappa shape index (κ3) is 9.89. The minimum absolute atomic E-state index is 0.0777. The molecule has 4 aromatic carbocycles. The maximum Gasteiger partial charge on any atom is 0.322 e. The summed E-state index contributed by atoms with van der Waals surface area (Å²) in [5, 5.41) is 6.10. The van der Waals surface area contributed by atoms with E-state index in [-0.39, 0.29) is 43.2 Å². The fourth-order valence-corrected chi connectivity index (χ4v) is 6.61. The van der Waals surface area contributed by atoms with E-state index in [9.17, 15) is 9.59 Å². The van der Waals surface area contributed by atoms with Crippen LogP contribution in [-0.2, 0) is 0 Å². The van der Waals surface area contributed by atoms with E-state index in [1.165, 1.54) is 11.1 Å². The molecular formula is C41H49N5O4. The van der Waals surface area contributed by atoms with Crippen molar-refractivity contribution in [2.45, 2.75) is 50.1 Å². The van der Waals surface area contributed by atoms with Crippen LogP contribution in [0.3, 0.4) is 0 Å². The van der Waals surface area contributed by atoms with E-state index in [0.717, 1.165) is 31.3 Å². The molecule has 0 heterocycles. The van der Waals surface area contributed by atoms with E-state index in [2.05, 4.69) is 41.5 Å². The minimum Gasteiger partial charge on any atom is -0.497 e. The zero-order valence-electron chi connectivity index (χ0n) is 29.1. The Hall–Kier alpha value is -5.28. The molecule has 50 heavy (non-hydrogen) atoms. The zero-order chi connectivity index (χ0) is 35.3. The molecule has 1 fully saturated rings. The molecule has 9 heteroatoms. The van der Waals surface area contributed by atoms with Crippen molar-refractivity contribution in [1.29, 1.82) is 0 Å². The van der Waals surface area contributed by atoms with Crippen LogP contribution in [0.15, 0.2) is 121 Å². The van der Waals surface area contributed by atoms with Crippen LogP contribution in [0.5, 0.6) is 11.5 Å². The molecule has 0 bridgehead atoms. The van der Waals surface area contributed by atoms with Gasteiger partial charge >= 0.3 is 12.1 Å². The minimum atomic E-state index is -0.250. The average Bonchev–Trinajstić information content (AvgIpc) is 3.15. The van der Waals surface area contributed by atoms with Crippen LogP contribution in [0, 0.1) is 0 Å². The molecule has 0 aliphatic heterocycles. The summed E-state index contributed by atoms with van der Waals surface area (Å²) in [6.45, 7) is 5.37. The van der Waals surface area contributed by atoms with E-state index in [1.54, 1.807) is 24.0 Å². The largest absolute Gasteiger partial charge is 0.497 e. The molecular weight excluding hydrogens is 626 g/mol. The lowest BCUT2D eigenvalue weighted by molar-refractivity contribution is 0.160. The van der Waals surface area contributed by atoms with Crippen molar-refractivity contribution in [2.24, 2.45) is 5.73 Å². The predicted molar refractivity (Wildman–Crippen MR) is 201 cm³/mol. The van der Waals surface area contributed by atoms with Gasteiger partial charge in [-0.25, -0.2) is 9.59 Å². The lowest BCUT2D eigenvalue weighted by atomic mass is 9.88. The maximum absolute atomic E-state index is 14.0. The standard InChI is InChI=1S/C41H49N5O4/c1-30(29-46(39-17-11-10-16-38(39)42)41(48)44-34-20-24-36(50-3)25-21-34)28-45(40(47)43-33-18-22-35(49-2)23-19-33)27-26-37(31-12-6-4-7-13-31)32-14-8-5-9-15-32/h4-9,12-15,18-25,37-39H,1,10-11,16-17,26-29,42H2,2-3H3,(H,43,47)(H,44,48)/t38-,39-/m1/s1. The molecule has 0 saturated heterocycles. The monoisotopic (exact) mass is 675 g/mol. The van der Waals surface area contributed by atoms with Crippen LogP contribution >= 0.6 is 0 Å². The van der Waals surface area contributed by atoms with Gasteiger partial charge in [0.15, 0.2) is 0 Å². The molecule has 4 aromatic rings. The highest BCUT2D eigenvalue weighted by molar-refractivity contribution is 5.90. The molecule has 5 rings (SSSR count). The van der Waals surface area contributed by atoms with Gasteiger partial charge in [0.2, 0.25) is 0 Å². The van der Waals surface area contributed by atoms with Crippen molar-refractivity contribution in [3.63, 3.8) is 0 Å². The number of hydrogen-bond acceptors (Lipinski definition) is 5. The van der Waals surface area contributed by atoms with Gasteiger partial charge in [-0.3, -0.25) is 0 Å². The van der Waals surface area contributed by atoms with Gasteiger partial charge in [-0.05, 0) is 84.5 Å². The third-order valence-corrected chi connectivity index (χ3v) is 9.31. The number of ether oxygens (including phenoxy) is 2. The zero-order valence-corrected chi connectivity index (χ0v) is 29.1. The van der Waals surface area contributed by atoms with E-state index in [4.69, 9.17) is 15.2 Å². The van der Waals surface area contributed by atoms with Crippen molar-refractivity contribution < 1.29 is 19.1 Å². The van der Waals surface area contributed by atoms with E-state index >= 15 is 0 Å². The fourth-order valence-electron chi connectivity index (χ4n) is 6.61. The summed E-state index contributed by atoms with van der Waals surface area (Å²) in [5.74, 6) is 1.49. The van der Waals surface area contributed by atoms with Gasteiger partial charge in [0.1, 0.15) is 11.5 Å². The number of nitrogens with two attached hydrogens (primary N) is 1. The van der Waals surface area contributed by atoms with Gasteiger partial charge in [0.05, 0.1) is 14.2 Å². The van der Waals surface area contributed by atoms with Crippen molar-refractivity contribution in [3.05, 3.63) is 132 Å². The van der Waals surface area contributed by atoms with E-state index in [0.29, 0.717) is 35.8 Å². The quantitative estimate of drug-likeness (QED) is 0.117. The van der Waals surface area contributed by atoms with Gasteiger partial charge < -0.3 is 35.6 Å². The Morgan fingerprint density at radius 3 is 1.74 bits per heavy atom. The highest BCUT2D eigenvalue weighted by Crippen LogP contribution is 2.29. The Labute approximate surface area is 296 Å². The SMILES string of the molecule is C=C(CN(CCC(c1ccccc1)c1ccccc1)C(=O)Nc1ccc(OC)cc1)CN(C(=O)Nc1ccc(OC)cc1)[C@@H]1CCCC[C@H]1N. The number of amides is 4. The molecule has 2 atom stereocenters. The van der Waals surface area contributed by atoms with Crippen LogP contribution in [0.4, 0.5) is 21.0 Å². The van der Waals surface area contributed by atoms with Gasteiger partial charge in [0, 0.05) is 49.0 Å². The van der Waals surface area contributed by atoms with E-state index in [1.807, 2.05) is 84.9 Å².